The van der Waals surface area contributed by atoms with E-state index in [-0.39, 0.29) is 17.5 Å². The van der Waals surface area contributed by atoms with Gasteiger partial charge in [0.25, 0.3) is 11.5 Å². The van der Waals surface area contributed by atoms with E-state index in [1.165, 1.54) is 12.1 Å². The molecule has 6 heteroatoms. The number of H-pyrrole nitrogens is 1. The van der Waals surface area contributed by atoms with Crippen LogP contribution >= 0.6 is 0 Å². The molecule has 1 N–H and O–H groups in total. The van der Waals surface area contributed by atoms with Gasteiger partial charge in [0.1, 0.15) is 5.82 Å². The summed E-state index contributed by atoms with van der Waals surface area (Å²) in [7, 11) is 0. The predicted molar refractivity (Wildman–Crippen MR) is 107 cm³/mol. The highest BCUT2D eigenvalue weighted by molar-refractivity contribution is 5.80. The van der Waals surface area contributed by atoms with Crippen molar-refractivity contribution in [3.8, 4) is 6.07 Å². The first-order valence-corrected chi connectivity index (χ1v) is 9.32. The number of aromatic amines is 1. The molecule has 1 aromatic heterocycles. The molecule has 0 amide bonds. The smallest absolute Gasteiger partial charge is 0.273 e. The molecular weight excluding hydrogens is 377 g/mol. The summed E-state index contributed by atoms with van der Waals surface area (Å²) in [5.74, 6) is -4.31. The van der Waals surface area contributed by atoms with Gasteiger partial charge in [0.15, 0.2) is 0 Å². The summed E-state index contributed by atoms with van der Waals surface area (Å²) in [4.78, 5) is 14.9. The Morgan fingerprint density at radius 1 is 1.10 bits per heavy atom. The molecule has 1 atom stereocenters. The lowest BCUT2D eigenvalue weighted by molar-refractivity contribution is 0.0135. The van der Waals surface area contributed by atoms with Gasteiger partial charge in [-0.05, 0) is 48.4 Å². The lowest BCUT2D eigenvalue weighted by atomic mass is 9.78. The van der Waals surface area contributed by atoms with E-state index in [1.54, 1.807) is 31.2 Å². The van der Waals surface area contributed by atoms with Crippen LogP contribution in [0.3, 0.4) is 0 Å². The largest absolute Gasteiger partial charge is 0.322 e. The molecule has 0 spiro atoms. The highest BCUT2D eigenvalue weighted by Gasteiger charge is 2.33. The number of hydrogen-bond acceptors (Lipinski definition) is 2. The van der Waals surface area contributed by atoms with E-state index in [4.69, 9.17) is 0 Å². The maximum atomic E-state index is 14.7. The normalized spacial score (nSPS) is 13.8. The molecule has 3 rings (SSSR count). The molecule has 2 aromatic carbocycles. The lowest BCUT2D eigenvalue weighted by Gasteiger charge is -2.24. The van der Waals surface area contributed by atoms with Crippen LogP contribution in [-0.4, -0.2) is 4.98 Å². The van der Waals surface area contributed by atoms with Crippen LogP contribution in [0, 0.1) is 17.1 Å². The number of nitrogens with one attached hydrogen (secondary N) is 1. The molecule has 0 bridgehead atoms. The Bertz CT molecular complexity index is 1170. The quantitative estimate of drug-likeness (QED) is 0.629. The second-order valence-electron chi connectivity index (χ2n) is 7.57. The zero-order chi connectivity index (χ0) is 21.4. The van der Waals surface area contributed by atoms with Crippen LogP contribution in [-0.2, 0) is 24.2 Å². The number of halogens is 3. The summed E-state index contributed by atoms with van der Waals surface area (Å²) in [5.41, 5.74) is -0.210. The van der Waals surface area contributed by atoms with Crippen molar-refractivity contribution in [1.82, 2.24) is 4.98 Å². The first kappa shape index (κ1) is 20.7. The molecule has 3 nitrogen and oxygen atoms in total. The summed E-state index contributed by atoms with van der Waals surface area (Å²) in [6.07, 6.45) is 0.517. The fourth-order valence-electron chi connectivity index (χ4n) is 3.49. The van der Waals surface area contributed by atoms with Crippen molar-refractivity contribution in [3.05, 3.63) is 80.9 Å². The highest BCUT2D eigenvalue weighted by Crippen LogP contribution is 2.34. The van der Waals surface area contributed by atoms with Crippen LogP contribution in [0.5, 0.6) is 0 Å². The van der Waals surface area contributed by atoms with Gasteiger partial charge >= 0.3 is 0 Å². The number of fused-ring (bicyclic) bond motifs is 1. The number of rotatable bonds is 5. The average Bonchev–Trinajstić information content (AvgIpc) is 2.67. The van der Waals surface area contributed by atoms with Gasteiger partial charge in [-0.2, -0.15) is 5.26 Å². The van der Waals surface area contributed by atoms with Crippen LogP contribution < -0.4 is 5.56 Å². The Balaban J connectivity index is 2.07. The summed E-state index contributed by atoms with van der Waals surface area (Å²) in [5, 5.41) is 10.7. The fraction of sp³-hybridized carbons (Fsp3) is 0.304. The molecule has 1 unspecified atom stereocenters. The summed E-state index contributed by atoms with van der Waals surface area (Å²) >= 11 is 0. The number of nitriles is 1. The number of aryl methyl sites for hydroxylation is 1. The van der Waals surface area contributed by atoms with E-state index >= 15 is 0 Å². The van der Waals surface area contributed by atoms with E-state index in [2.05, 4.69) is 11.1 Å². The molecule has 150 valence electrons. The molecule has 0 aliphatic rings. The second kappa shape index (κ2) is 7.40. The van der Waals surface area contributed by atoms with Gasteiger partial charge in [-0.3, -0.25) is 4.79 Å². The van der Waals surface area contributed by atoms with E-state index in [1.807, 2.05) is 6.92 Å². The highest BCUT2D eigenvalue weighted by atomic mass is 19.3. The Morgan fingerprint density at radius 2 is 1.83 bits per heavy atom. The molecule has 1 heterocycles. The third-order valence-electron chi connectivity index (χ3n) is 5.28. The molecule has 29 heavy (non-hydrogen) atoms. The Labute approximate surface area is 166 Å². The van der Waals surface area contributed by atoms with Crippen molar-refractivity contribution >= 4 is 10.9 Å². The first-order valence-electron chi connectivity index (χ1n) is 9.32. The van der Waals surface area contributed by atoms with E-state index in [0.29, 0.717) is 30.0 Å². The van der Waals surface area contributed by atoms with Crippen LogP contribution in [0.4, 0.5) is 13.2 Å². The van der Waals surface area contributed by atoms with Crippen LogP contribution in [0.2, 0.25) is 0 Å². The number of pyridine rings is 1. The lowest BCUT2D eigenvalue weighted by Crippen LogP contribution is -2.24. The SMILES string of the molecule is CCc1cc2ccc(C(C)(C#N)Cc3cccc(C(C)(F)F)c3F)cc2[nH]c1=O. The van der Waals surface area contributed by atoms with E-state index in [0.717, 1.165) is 11.5 Å². The number of alkyl halides is 2. The van der Waals surface area contributed by atoms with Crippen molar-refractivity contribution in [3.63, 3.8) is 0 Å². The predicted octanol–water partition coefficient (Wildman–Crippen LogP) is 5.37. The first-order chi connectivity index (χ1) is 13.6. The Morgan fingerprint density at radius 3 is 2.45 bits per heavy atom. The van der Waals surface area contributed by atoms with E-state index in [9.17, 15) is 23.2 Å². The minimum Gasteiger partial charge on any atom is -0.322 e. The van der Waals surface area contributed by atoms with Gasteiger partial charge in [0, 0.05) is 18.0 Å². The number of aromatic nitrogens is 1. The van der Waals surface area contributed by atoms with Crippen molar-refractivity contribution < 1.29 is 13.2 Å². The molecular formula is C23H21F3N2O. The Kier molecular flexibility index (Phi) is 5.27. The van der Waals surface area contributed by atoms with Gasteiger partial charge in [-0.25, -0.2) is 13.2 Å². The molecule has 0 aliphatic heterocycles. The second-order valence-corrected chi connectivity index (χ2v) is 7.57. The minimum absolute atomic E-state index is 0.0444. The van der Waals surface area contributed by atoms with Gasteiger partial charge in [0.05, 0.1) is 17.0 Å². The third kappa shape index (κ3) is 3.91. The average molecular weight is 398 g/mol. The molecule has 0 saturated heterocycles. The zero-order valence-corrected chi connectivity index (χ0v) is 16.4. The molecule has 0 fully saturated rings. The maximum absolute atomic E-state index is 14.7. The minimum atomic E-state index is -3.32. The number of benzene rings is 2. The van der Waals surface area contributed by atoms with Gasteiger partial charge in [0.2, 0.25) is 0 Å². The standard InChI is InChI=1S/C23H21F3N2O/c1-4-14-10-15-8-9-17(11-19(15)28-21(14)29)22(2,13-27)12-16-6-5-7-18(20(16)24)23(3,25)26/h5-11H,4,12H2,1-3H3,(H,28,29). The topological polar surface area (TPSA) is 56.6 Å². The van der Waals surface area contributed by atoms with Crippen LogP contribution in [0.15, 0.2) is 47.3 Å². The van der Waals surface area contributed by atoms with E-state index < -0.39 is 22.7 Å². The zero-order valence-electron chi connectivity index (χ0n) is 16.4. The molecule has 3 aromatic rings. The van der Waals surface area contributed by atoms with Gasteiger partial charge < -0.3 is 4.98 Å². The summed E-state index contributed by atoms with van der Waals surface area (Å²) < 4.78 is 42.0. The van der Waals surface area contributed by atoms with Crippen LogP contribution in [0.25, 0.3) is 10.9 Å². The van der Waals surface area contributed by atoms with Crippen molar-refractivity contribution in [2.24, 2.45) is 0 Å². The summed E-state index contributed by atoms with van der Waals surface area (Å²) in [6.45, 7) is 4.16. The maximum Gasteiger partial charge on any atom is 0.273 e. The van der Waals surface area contributed by atoms with Crippen LogP contribution in [0.1, 0.15) is 43.0 Å². The van der Waals surface area contributed by atoms with Gasteiger partial charge in [-0.15, -0.1) is 0 Å². The molecule has 0 aliphatic carbocycles. The van der Waals surface area contributed by atoms with Crippen molar-refractivity contribution in [1.29, 1.82) is 5.26 Å². The van der Waals surface area contributed by atoms with Gasteiger partial charge in [-0.1, -0.05) is 37.3 Å². The molecule has 0 radical (unpaired) electrons. The monoisotopic (exact) mass is 398 g/mol. The third-order valence-corrected chi connectivity index (χ3v) is 5.28. The number of nitrogens with zero attached hydrogens (tertiary/aromatic N) is 1. The fourth-order valence-corrected chi connectivity index (χ4v) is 3.49. The Hall–Kier alpha value is -3.07. The van der Waals surface area contributed by atoms with Crippen molar-refractivity contribution in [2.75, 3.05) is 0 Å². The number of hydrogen-bond donors (Lipinski definition) is 1. The molecule has 0 saturated carbocycles. The summed E-state index contributed by atoms with van der Waals surface area (Å²) in [6, 6.07) is 13.0. The van der Waals surface area contributed by atoms with Crippen molar-refractivity contribution in [2.45, 2.75) is 45.0 Å².